The first-order valence-electron chi connectivity index (χ1n) is 5.48. The third kappa shape index (κ3) is 2.79. The van der Waals surface area contributed by atoms with Crippen LogP contribution >= 0.6 is 0 Å². The van der Waals surface area contributed by atoms with Gasteiger partial charge >= 0.3 is 5.90 Å². The first-order chi connectivity index (χ1) is 9.26. The number of hydrogen-bond donors (Lipinski definition) is 0. The number of ether oxygens (including phenoxy) is 1. The number of Topliss-reactive ketones (excluding diaryl/α,β-unsaturated/α-hetero) is 1. The number of methoxy groups -OCH3 is 1. The summed E-state index contributed by atoms with van der Waals surface area (Å²) in [7, 11) is 2.65. The van der Waals surface area contributed by atoms with Crippen LogP contribution in [0.5, 0.6) is 0 Å². The smallest absolute Gasteiger partial charge is 0.300 e. The molecule has 98 valence electrons. The van der Waals surface area contributed by atoms with Crippen LogP contribution in [0.3, 0.4) is 0 Å². The van der Waals surface area contributed by atoms with Crippen molar-refractivity contribution in [3.05, 3.63) is 42.1 Å². The average molecular weight is 260 g/mol. The lowest BCUT2D eigenvalue weighted by Gasteiger charge is -1.98. The van der Waals surface area contributed by atoms with E-state index in [2.05, 4.69) is 15.1 Å². The molecule has 0 aliphatic heterocycles. The Labute approximate surface area is 109 Å². The highest BCUT2D eigenvalue weighted by Gasteiger charge is 2.20. The molecule has 0 spiro atoms. The summed E-state index contributed by atoms with van der Waals surface area (Å²) in [5.74, 6) is -0.192. The molecule has 6 heteroatoms. The fourth-order valence-electron chi connectivity index (χ4n) is 1.48. The predicted octanol–water partition coefficient (Wildman–Crippen LogP) is 2.13. The van der Waals surface area contributed by atoms with E-state index in [1.54, 1.807) is 0 Å². The predicted molar refractivity (Wildman–Crippen MR) is 67.7 cm³/mol. The number of oxime groups is 1. The van der Waals surface area contributed by atoms with Crippen LogP contribution in [0, 0.1) is 0 Å². The monoisotopic (exact) mass is 260 g/mol. The van der Waals surface area contributed by atoms with Crippen molar-refractivity contribution in [2.24, 2.45) is 5.16 Å². The van der Waals surface area contributed by atoms with Gasteiger partial charge in [0, 0.05) is 11.6 Å². The molecule has 0 aliphatic carbocycles. The molecule has 0 amide bonds. The van der Waals surface area contributed by atoms with Crippen molar-refractivity contribution in [1.29, 1.82) is 0 Å². The van der Waals surface area contributed by atoms with Crippen molar-refractivity contribution >= 4 is 11.7 Å². The molecular weight excluding hydrogens is 248 g/mol. The maximum Gasteiger partial charge on any atom is 0.300 e. The summed E-state index contributed by atoms with van der Waals surface area (Å²) in [6.07, 6.45) is 0. The Balaban J connectivity index is 2.27. The molecular formula is C13H12N2O4. The van der Waals surface area contributed by atoms with E-state index >= 15 is 0 Å². The highest BCUT2D eigenvalue weighted by atomic mass is 16.6. The Morgan fingerprint density at radius 2 is 2.00 bits per heavy atom. The van der Waals surface area contributed by atoms with Crippen LogP contribution in [0.1, 0.15) is 10.5 Å². The Hall–Kier alpha value is -2.63. The normalized spacial score (nSPS) is 11.2. The number of ketones is 1. The van der Waals surface area contributed by atoms with E-state index in [1.165, 1.54) is 20.3 Å². The fourth-order valence-corrected chi connectivity index (χ4v) is 1.48. The summed E-state index contributed by atoms with van der Waals surface area (Å²) in [4.78, 5) is 16.5. The van der Waals surface area contributed by atoms with E-state index in [4.69, 9.17) is 9.26 Å². The second-order valence-electron chi connectivity index (χ2n) is 3.55. The minimum Gasteiger partial charge on any atom is -0.476 e. The molecule has 0 atom stereocenters. The molecule has 2 rings (SSSR count). The summed E-state index contributed by atoms with van der Waals surface area (Å²) >= 11 is 0. The molecule has 0 radical (unpaired) electrons. The van der Waals surface area contributed by atoms with E-state index in [0.29, 0.717) is 5.76 Å². The zero-order valence-corrected chi connectivity index (χ0v) is 10.5. The van der Waals surface area contributed by atoms with Crippen LogP contribution in [0.4, 0.5) is 0 Å². The first-order valence-corrected chi connectivity index (χ1v) is 5.48. The van der Waals surface area contributed by atoms with Crippen LogP contribution < -0.4 is 0 Å². The Morgan fingerprint density at radius 1 is 1.26 bits per heavy atom. The lowest BCUT2D eigenvalue weighted by atomic mass is 10.1. The molecule has 0 saturated heterocycles. The number of aromatic nitrogens is 1. The lowest BCUT2D eigenvalue weighted by molar-refractivity contribution is 0.101. The first kappa shape index (κ1) is 12.8. The highest BCUT2D eigenvalue weighted by Crippen LogP contribution is 2.20. The van der Waals surface area contributed by atoms with Crippen molar-refractivity contribution < 1.29 is 18.9 Å². The van der Waals surface area contributed by atoms with Gasteiger partial charge < -0.3 is 14.1 Å². The average Bonchev–Trinajstić information content (AvgIpc) is 2.95. The molecule has 1 aromatic carbocycles. The summed E-state index contributed by atoms with van der Waals surface area (Å²) in [6.45, 7) is 0. The quantitative estimate of drug-likeness (QED) is 0.364. The van der Waals surface area contributed by atoms with Gasteiger partial charge in [0.2, 0.25) is 0 Å². The van der Waals surface area contributed by atoms with Gasteiger partial charge in [0.15, 0.2) is 11.5 Å². The summed E-state index contributed by atoms with van der Waals surface area (Å²) in [5, 5.41) is 7.17. The summed E-state index contributed by atoms with van der Waals surface area (Å²) in [6, 6.07) is 10.9. The Bertz CT molecular complexity index is 590. The molecule has 0 aliphatic rings. The van der Waals surface area contributed by atoms with Gasteiger partial charge in [0.1, 0.15) is 7.11 Å². The van der Waals surface area contributed by atoms with E-state index in [0.717, 1.165) is 5.56 Å². The second kappa shape index (κ2) is 5.81. The molecule has 1 heterocycles. The number of rotatable bonds is 4. The molecule has 0 saturated carbocycles. The van der Waals surface area contributed by atoms with Gasteiger partial charge in [-0.25, -0.2) is 0 Å². The van der Waals surface area contributed by atoms with E-state index in [-0.39, 0.29) is 11.6 Å². The van der Waals surface area contributed by atoms with Crippen LogP contribution in [-0.2, 0) is 9.57 Å². The molecule has 2 aromatic rings. The second-order valence-corrected chi connectivity index (χ2v) is 3.55. The van der Waals surface area contributed by atoms with Gasteiger partial charge in [-0.2, -0.15) is 0 Å². The summed E-state index contributed by atoms with van der Waals surface area (Å²) in [5.41, 5.74) is 0.938. The van der Waals surface area contributed by atoms with E-state index in [1.807, 2.05) is 30.3 Å². The topological polar surface area (TPSA) is 73.9 Å². The molecule has 19 heavy (non-hydrogen) atoms. The van der Waals surface area contributed by atoms with Crippen molar-refractivity contribution in [3.8, 4) is 11.3 Å². The molecule has 0 unspecified atom stereocenters. The van der Waals surface area contributed by atoms with Gasteiger partial charge in [0.05, 0.1) is 7.11 Å². The number of nitrogens with zero attached hydrogens (tertiary/aromatic N) is 2. The van der Waals surface area contributed by atoms with Crippen molar-refractivity contribution in [2.75, 3.05) is 14.2 Å². The van der Waals surface area contributed by atoms with Crippen molar-refractivity contribution in [3.63, 3.8) is 0 Å². The molecule has 0 fully saturated rings. The minimum absolute atomic E-state index is 0.108. The maximum atomic E-state index is 12.0. The Morgan fingerprint density at radius 3 is 2.63 bits per heavy atom. The third-order valence-electron chi connectivity index (χ3n) is 2.36. The zero-order valence-electron chi connectivity index (χ0n) is 10.5. The van der Waals surface area contributed by atoms with Crippen LogP contribution in [0.15, 0.2) is 46.1 Å². The molecule has 0 N–H and O–H groups in total. The maximum absolute atomic E-state index is 12.0. The standard InChI is InChI=1S/C13H12N2O4/c1-17-13(15-18-2)12(16)10-8-11(19-14-10)9-6-4-3-5-7-9/h3-8H,1-2H3. The van der Waals surface area contributed by atoms with Gasteiger partial charge in [-0.15, -0.1) is 0 Å². The van der Waals surface area contributed by atoms with Gasteiger partial charge in [-0.1, -0.05) is 35.5 Å². The van der Waals surface area contributed by atoms with Crippen molar-refractivity contribution in [2.45, 2.75) is 0 Å². The van der Waals surface area contributed by atoms with Gasteiger partial charge in [0.25, 0.3) is 5.78 Å². The number of hydrogen-bond acceptors (Lipinski definition) is 6. The number of carbonyl (C=O) groups excluding carboxylic acids is 1. The highest BCUT2D eigenvalue weighted by molar-refractivity contribution is 6.42. The number of carbonyl (C=O) groups is 1. The largest absolute Gasteiger partial charge is 0.476 e. The molecule has 0 bridgehead atoms. The van der Waals surface area contributed by atoms with E-state index < -0.39 is 5.78 Å². The SMILES string of the molecule is CON=C(OC)C(=O)c1cc(-c2ccccc2)on1. The van der Waals surface area contributed by atoms with Crippen LogP contribution in [0.25, 0.3) is 11.3 Å². The van der Waals surface area contributed by atoms with Gasteiger partial charge in [-0.05, 0) is 5.16 Å². The molecule has 6 nitrogen and oxygen atoms in total. The van der Waals surface area contributed by atoms with Crippen LogP contribution in [-0.4, -0.2) is 31.1 Å². The lowest BCUT2D eigenvalue weighted by Crippen LogP contribution is -2.17. The zero-order chi connectivity index (χ0) is 13.7. The van der Waals surface area contributed by atoms with Crippen molar-refractivity contribution in [1.82, 2.24) is 5.16 Å². The van der Waals surface area contributed by atoms with Gasteiger partial charge in [-0.3, -0.25) is 4.79 Å². The summed E-state index contributed by atoms with van der Waals surface area (Å²) < 4.78 is 9.94. The molecule has 1 aromatic heterocycles. The minimum atomic E-state index is -0.504. The van der Waals surface area contributed by atoms with Crippen LogP contribution in [0.2, 0.25) is 0 Å². The van der Waals surface area contributed by atoms with E-state index in [9.17, 15) is 4.79 Å². The Kier molecular flexibility index (Phi) is 3.92. The fraction of sp³-hybridized carbons (Fsp3) is 0.154. The third-order valence-corrected chi connectivity index (χ3v) is 2.36. The number of benzene rings is 1.